The van der Waals surface area contributed by atoms with E-state index in [0.717, 1.165) is 11.3 Å². The lowest BCUT2D eigenvalue weighted by Gasteiger charge is -2.46. The van der Waals surface area contributed by atoms with Crippen LogP contribution in [0.15, 0.2) is 60.7 Å². The number of carbonyl (C=O) groups is 1. The number of hydrogen-bond donors (Lipinski definition) is 0. The maximum atomic E-state index is 13.0. The van der Waals surface area contributed by atoms with E-state index < -0.39 is 10.0 Å². The Labute approximate surface area is 166 Å². The Bertz CT molecular complexity index is 949. The van der Waals surface area contributed by atoms with E-state index in [4.69, 9.17) is 0 Å². The fourth-order valence-electron chi connectivity index (χ4n) is 4.18. The minimum Gasteiger partial charge on any atom is -0.309 e. The highest BCUT2D eigenvalue weighted by atomic mass is 32.2. The van der Waals surface area contributed by atoms with Crippen molar-refractivity contribution in [2.75, 3.05) is 38.1 Å². The second kappa shape index (κ2) is 7.31. The Hall–Kier alpha value is -2.22. The average molecular weight is 400 g/mol. The molecule has 2 aliphatic rings. The van der Waals surface area contributed by atoms with Gasteiger partial charge in [-0.1, -0.05) is 48.5 Å². The predicted octanol–water partition coefficient (Wildman–Crippen LogP) is 1.94. The van der Waals surface area contributed by atoms with Gasteiger partial charge in [0.1, 0.15) is 0 Å². The first-order valence-electron chi connectivity index (χ1n) is 9.48. The lowest BCUT2D eigenvalue weighted by molar-refractivity contribution is -0.123. The molecular weight excluding hydrogens is 374 g/mol. The summed E-state index contributed by atoms with van der Waals surface area (Å²) in [6.45, 7) is 1.69. The molecule has 0 N–H and O–H groups in total. The number of rotatable bonds is 4. The molecule has 28 heavy (non-hydrogen) atoms. The predicted molar refractivity (Wildman–Crippen MR) is 109 cm³/mol. The molecule has 0 radical (unpaired) electrons. The zero-order valence-electron chi connectivity index (χ0n) is 16.0. The first kappa shape index (κ1) is 19.1. The normalized spacial score (nSPS) is 24.2. The van der Waals surface area contributed by atoms with Crippen molar-refractivity contribution >= 4 is 21.6 Å². The van der Waals surface area contributed by atoms with Crippen LogP contribution in [0, 0.1) is 0 Å². The molecule has 0 bridgehead atoms. The molecule has 2 aromatic rings. The number of piperazine rings is 1. The molecular formula is C21H25N3O3S. The van der Waals surface area contributed by atoms with Gasteiger partial charge in [-0.15, -0.1) is 0 Å². The third-order valence-corrected chi connectivity index (χ3v) is 7.68. The molecule has 1 unspecified atom stereocenters. The van der Waals surface area contributed by atoms with Crippen molar-refractivity contribution in [3.8, 4) is 0 Å². The van der Waals surface area contributed by atoms with E-state index in [1.165, 1.54) is 0 Å². The average Bonchev–Trinajstić information content (AvgIpc) is 3.12. The Morgan fingerprint density at radius 3 is 2.29 bits per heavy atom. The summed E-state index contributed by atoms with van der Waals surface area (Å²) in [5.41, 5.74) is 1.31. The van der Waals surface area contributed by atoms with Gasteiger partial charge in [0, 0.05) is 25.3 Å². The second-order valence-electron chi connectivity index (χ2n) is 7.72. The minimum absolute atomic E-state index is 0.00889. The fraction of sp³-hybridized carbons (Fsp3) is 0.381. The van der Waals surface area contributed by atoms with Crippen LogP contribution in [-0.2, 0) is 20.6 Å². The van der Waals surface area contributed by atoms with Gasteiger partial charge in [0.05, 0.1) is 17.8 Å². The van der Waals surface area contributed by atoms with E-state index >= 15 is 0 Å². The summed E-state index contributed by atoms with van der Waals surface area (Å²) in [6.07, 6.45) is 0.716. The van der Waals surface area contributed by atoms with Gasteiger partial charge in [-0.2, -0.15) is 4.31 Å². The molecule has 0 aromatic heterocycles. The van der Waals surface area contributed by atoms with Crippen LogP contribution in [0.4, 0.5) is 5.69 Å². The number of hydrogen-bond acceptors (Lipinski definition) is 4. The van der Waals surface area contributed by atoms with Gasteiger partial charge in [-0.25, -0.2) is 8.42 Å². The highest BCUT2D eigenvalue weighted by molar-refractivity contribution is 7.88. The molecule has 148 valence electrons. The number of benzene rings is 2. The van der Waals surface area contributed by atoms with Crippen molar-refractivity contribution in [3.05, 3.63) is 66.2 Å². The first-order valence-corrected chi connectivity index (χ1v) is 11.1. The maximum Gasteiger partial charge on any atom is 0.241 e. The molecule has 6 nitrogen and oxygen atoms in total. The third kappa shape index (κ3) is 3.57. The summed E-state index contributed by atoms with van der Waals surface area (Å²) < 4.78 is 27.5. The van der Waals surface area contributed by atoms with E-state index in [9.17, 15) is 13.2 Å². The Kier molecular flexibility index (Phi) is 4.99. The van der Waals surface area contributed by atoms with Crippen molar-refractivity contribution in [2.45, 2.75) is 17.7 Å². The number of para-hydroxylation sites is 1. The molecule has 2 aliphatic heterocycles. The van der Waals surface area contributed by atoms with E-state index in [2.05, 4.69) is 0 Å². The summed E-state index contributed by atoms with van der Waals surface area (Å²) in [5, 5.41) is 0. The standard InChI is InChI=1S/C21H25N3O3S/c1-22-14-20(25)24(19-10-6-3-7-11-19)17-21(22)12-13-23(16-21)28(26,27)15-18-8-4-2-5-9-18/h2-11H,12-17H2,1H3. The number of anilines is 1. The van der Waals surface area contributed by atoms with Crippen LogP contribution < -0.4 is 4.90 Å². The topological polar surface area (TPSA) is 60.9 Å². The molecule has 4 rings (SSSR count). The fourth-order valence-corrected chi connectivity index (χ4v) is 5.78. The molecule has 2 aromatic carbocycles. The molecule has 2 fully saturated rings. The number of sulfonamides is 1. The zero-order valence-corrected chi connectivity index (χ0v) is 16.8. The summed E-state index contributed by atoms with van der Waals surface area (Å²) in [4.78, 5) is 16.5. The van der Waals surface area contributed by atoms with Crippen molar-refractivity contribution in [3.63, 3.8) is 0 Å². The van der Waals surface area contributed by atoms with Crippen LogP contribution in [0.25, 0.3) is 0 Å². The summed E-state index contributed by atoms with van der Waals surface area (Å²) in [5.74, 6) is 0.0551. The lowest BCUT2D eigenvalue weighted by atomic mass is 9.92. The maximum absolute atomic E-state index is 13.0. The molecule has 7 heteroatoms. The molecule has 1 amide bonds. The van der Waals surface area contributed by atoms with Crippen LogP contribution >= 0.6 is 0 Å². The van der Waals surface area contributed by atoms with Gasteiger partial charge < -0.3 is 4.90 Å². The Morgan fingerprint density at radius 2 is 1.61 bits per heavy atom. The lowest BCUT2D eigenvalue weighted by Crippen LogP contribution is -2.64. The SMILES string of the molecule is CN1CC(=O)N(c2ccccc2)CC12CCN(S(=O)(=O)Cc1ccccc1)C2. The number of amides is 1. The molecule has 2 saturated heterocycles. The van der Waals surface area contributed by atoms with Crippen LogP contribution in [0.2, 0.25) is 0 Å². The van der Waals surface area contributed by atoms with Crippen LogP contribution in [0.1, 0.15) is 12.0 Å². The van der Waals surface area contributed by atoms with E-state index in [1.807, 2.05) is 72.6 Å². The summed E-state index contributed by atoms with van der Waals surface area (Å²) in [6, 6.07) is 18.9. The first-order chi connectivity index (χ1) is 13.4. The third-order valence-electron chi connectivity index (χ3n) is 5.89. The van der Waals surface area contributed by atoms with Gasteiger partial charge in [0.25, 0.3) is 0 Å². The minimum atomic E-state index is -3.40. The molecule has 2 heterocycles. The van der Waals surface area contributed by atoms with Gasteiger partial charge >= 0.3 is 0 Å². The zero-order chi connectivity index (χ0) is 19.8. The van der Waals surface area contributed by atoms with Gasteiger partial charge in [0.2, 0.25) is 15.9 Å². The Balaban J connectivity index is 1.54. The van der Waals surface area contributed by atoms with E-state index in [-0.39, 0.29) is 17.2 Å². The smallest absolute Gasteiger partial charge is 0.241 e. The molecule has 1 atom stereocenters. The van der Waals surface area contributed by atoms with Gasteiger partial charge in [0.15, 0.2) is 0 Å². The number of carbonyl (C=O) groups excluding carboxylic acids is 1. The monoisotopic (exact) mass is 399 g/mol. The van der Waals surface area contributed by atoms with Crippen molar-refractivity contribution < 1.29 is 13.2 Å². The van der Waals surface area contributed by atoms with E-state index in [1.54, 1.807) is 9.21 Å². The van der Waals surface area contributed by atoms with Crippen LogP contribution in [0.5, 0.6) is 0 Å². The van der Waals surface area contributed by atoms with Gasteiger partial charge in [-0.3, -0.25) is 9.69 Å². The highest BCUT2D eigenvalue weighted by Crippen LogP contribution is 2.35. The number of likely N-dealkylation sites (N-methyl/N-ethyl adjacent to an activating group) is 1. The number of nitrogens with zero attached hydrogens (tertiary/aromatic N) is 3. The largest absolute Gasteiger partial charge is 0.309 e. The second-order valence-corrected chi connectivity index (χ2v) is 9.69. The highest BCUT2D eigenvalue weighted by Gasteiger charge is 2.50. The van der Waals surface area contributed by atoms with Crippen molar-refractivity contribution in [1.82, 2.24) is 9.21 Å². The van der Waals surface area contributed by atoms with Crippen LogP contribution in [-0.4, -0.2) is 62.3 Å². The van der Waals surface area contributed by atoms with Crippen LogP contribution in [0.3, 0.4) is 0 Å². The van der Waals surface area contributed by atoms with Gasteiger partial charge in [-0.05, 0) is 31.2 Å². The molecule has 0 aliphatic carbocycles. The van der Waals surface area contributed by atoms with E-state index in [0.29, 0.717) is 32.6 Å². The van der Waals surface area contributed by atoms with Crippen molar-refractivity contribution in [2.24, 2.45) is 0 Å². The molecule has 0 saturated carbocycles. The Morgan fingerprint density at radius 1 is 0.964 bits per heavy atom. The quantitative estimate of drug-likeness (QED) is 0.788. The summed E-state index contributed by atoms with van der Waals surface area (Å²) >= 11 is 0. The summed E-state index contributed by atoms with van der Waals surface area (Å²) in [7, 11) is -1.48. The molecule has 1 spiro atoms. The van der Waals surface area contributed by atoms with Crippen molar-refractivity contribution in [1.29, 1.82) is 0 Å².